The summed E-state index contributed by atoms with van der Waals surface area (Å²) in [7, 11) is 0. The number of halogens is 3. The van der Waals surface area contributed by atoms with Crippen molar-refractivity contribution in [3.63, 3.8) is 0 Å². The number of allylic oxidation sites excluding steroid dienone is 2. The maximum absolute atomic E-state index is 12.0. The van der Waals surface area contributed by atoms with Crippen LogP contribution in [0.15, 0.2) is 36.2 Å². The molecule has 0 saturated heterocycles. The highest BCUT2D eigenvalue weighted by molar-refractivity contribution is 6.03. The zero-order valence-corrected chi connectivity index (χ0v) is 7.45. The minimum absolute atomic E-state index is 0.0790. The molecule has 0 aliphatic heterocycles. The Morgan fingerprint density at radius 1 is 1.40 bits per heavy atom. The summed E-state index contributed by atoms with van der Waals surface area (Å²) in [5.41, 5.74) is 3.17. The molecule has 0 aliphatic rings. The van der Waals surface area contributed by atoms with Gasteiger partial charge in [0.1, 0.15) is 11.4 Å². The van der Waals surface area contributed by atoms with Crippen LogP contribution < -0.4 is 5.73 Å². The van der Waals surface area contributed by atoms with E-state index < -0.39 is 17.7 Å². The normalized spacial score (nSPS) is 12.6. The summed E-state index contributed by atoms with van der Waals surface area (Å²) in [6.07, 6.45) is -3.06. The molecular formula is C9H7F3N2O. The van der Waals surface area contributed by atoms with E-state index in [-0.39, 0.29) is 5.69 Å². The third-order valence-corrected chi connectivity index (χ3v) is 1.53. The van der Waals surface area contributed by atoms with E-state index in [4.69, 9.17) is 0 Å². The summed E-state index contributed by atoms with van der Waals surface area (Å²) < 4.78 is 35.9. The molecule has 0 amide bonds. The average Bonchev–Trinajstić information content (AvgIpc) is 2.17. The first-order valence-corrected chi connectivity index (χ1v) is 3.91. The number of nitrogens with zero attached hydrogens (tertiary/aromatic N) is 1. The molecule has 6 heteroatoms. The molecule has 1 aromatic rings. The SMILES string of the molecule is N/C(=C\C(=O)c1ccccn1)C(F)(F)F. The molecule has 1 heterocycles. The minimum Gasteiger partial charge on any atom is -0.395 e. The van der Waals surface area contributed by atoms with Crippen LogP contribution in [-0.2, 0) is 0 Å². The van der Waals surface area contributed by atoms with Gasteiger partial charge < -0.3 is 5.73 Å². The first kappa shape index (κ1) is 11.2. The van der Waals surface area contributed by atoms with Gasteiger partial charge in [0.05, 0.1) is 0 Å². The number of nitrogens with two attached hydrogens (primary N) is 1. The van der Waals surface area contributed by atoms with E-state index in [1.54, 1.807) is 6.07 Å². The van der Waals surface area contributed by atoms with Gasteiger partial charge in [0, 0.05) is 12.3 Å². The highest BCUT2D eigenvalue weighted by Crippen LogP contribution is 2.21. The standard InChI is InChI=1S/C9H7F3N2O/c10-9(11,12)8(13)5-7(15)6-3-1-2-4-14-6/h1-5H,13H2/b8-5-. The topological polar surface area (TPSA) is 56.0 Å². The average molecular weight is 216 g/mol. The van der Waals surface area contributed by atoms with E-state index >= 15 is 0 Å². The lowest BCUT2D eigenvalue weighted by Crippen LogP contribution is -2.20. The van der Waals surface area contributed by atoms with Gasteiger partial charge in [-0.2, -0.15) is 13.2 Å². The third kappa shape index (κ3) is 3.08. The Labute approximate surface area is 83.4 Å². The van der Waals surface area contributed by atoms with Gasteiger partial charge in [0.2, 0.25) is 5.78 Å². The fraction of sp³-hybridized carbons (Fsp3) is 0.111. The second-order valence-corrected chi connectivity index (χ2v) is 2.68. The molecule has 2 N–H and O–H groups in total. The summed E-state index contributed by atoms with van der Waals surface area (Å²) >= 11 is 0. The highest BCUT2D eigenvalue weighted by Gasteiger charge is 2.32. The van der Waals surface area contributed by atoms with Crippen LogP contribution in [0.2, 0.25) is 0 Å². The van der Waals surface area contributed by atoms with Crippen molar-refractivity contribution < 1.29 is 18.0 Å². The van der Waals surface area contributed by atoms with E-state index in [1.807, 2.05) is 0 Å². The van der Waals surface area contributed by atoms with Crippen LogP contribution in [0.3, 0.4) is 0 Å². The smallest absolute Gasteiger partial charge is 0.395 e. The van der Waals surface area contributed by atoms with Crippen LogP contribution in [0, 0.1) is 0 Å². The summed E-state index contributed by atoms with van der Waals surface area (Å²) in [6.45, 7) is 0. The molecule has 0 spiro atoms. The molecule has 0 unspecified atom stereocenters. The molecule has 0 fully saturated rings. The highest BCUT2D eigenvalue weighted by atomic mass is 19.4. The van der Waals surface area contributed by atoms with Gasteiger partial charge in [0.15, 0.2) is 0 Å². The number of aromatic nitrogens is 1. The first-order chi connectivity index (χ1) is 6.91. The first-order valence-electron chi connectivity index (χ1n) is 3.91. The van der Waals surface area contributed by atoms with Crippen molar-refractivity contribution in [2.75, 3.05) is 0 Å². The van der Waals surface area contributed by atoms with E-state index in [2.05, 4.69) is 10.7 Å². The number of hydrogen-bond donors (Lipinski definition) is 1. The Bertz CT molecular complexity index is 384. The van der Waals surface area contributed by atoms with Crippen LogP contribution >= 0.6 is 0 Å². The summed E-state index contributed by atoms with van der Waals surface area (Å²) in [5, 5.41) is 0. The van der Waals surface area contributed by atoms with Crippen molar-refractivity contribution >= 4 is 5.78 Å². The zero-order valence-electron chi connectivity index (χ0n) is 7.45. The zero-order chi connectivity index (χ0) is 11.5. The second kappa shape index (κ2) is 4.12. The molecule has 15 heavy (non-hydrogen) atoms. The van der Waals surface area contributed by atoms with Gasteiger partial charge in [-0.25, -0.2) is 0 Å². The van der Waals surface area contributed by atoms with Crippen LogP contribution in [0.4, 0.5) is 13.2 Å². The van der Waals surface area contributed by atoms with Crippen molar-refractivity contribution in [1.82, 2.24) is 4.98 Å². The fourth-order valence-electron chi connectivity index (χ4n) is 0.806. The number of pyridine rings is 1. The van der Waals surface area contributed by atoms with Crippen molar-refractivity contribution in [3.05, 3.63) is 41.9 Å². The van der Waals surface area contributed by atoms with Crippen LogP contribution in [0.1, 0.15) is 10.5 Å². The Balaban J connectivity index is 2.90. The fourth-order valence-corrected chi connectivity index (χ4v) is 0.806. The van der Waals surface area contributed by atoms with E-state index in [0.717, 1.165) is 0 Å². The number of hydrogen-bond acceptors (Lipinski definition) is 3. The van der Waals surface area contributed by atoms with Crippen molar-refractivity contribution in [2.45, 2.75) is 6.18 Å². The largest absolute Gasteiger partial charge is 0.430 e. The molecule has 3 nitrogen and oxygen atoms in total. The predicted molar refractivity (Wildman–Crippen MR) is 46.9 cm³/mol. The molecule has 0 saturated carbocycles. The number of rotatable bonds is 2. The van der Waals surface area contributed by atoms with Gasteiger partial charge in [-0.15, -0.1) is 0 Å². The number of alkyl halides is 3. The lowest BCUT2D eigenvalue weighted by Gasteiger charge is -2.04. The van der Waals surface area contributed by atoms with E-state index in [0.29, 0.717) is 6.08 Å². The number of ketones is 1. The summed E-state index contributed by atoms with van der Waals surface area (Å²) in [5.74, 6) is -0.870. The molecule has 80 valence electrons. The van der Waals surface area contributed by atoms with Crippen LogP contribution in [0.5, 0.6) is 0 Å². The van der Waals surface area contributed by atoms with Gasteiger partial charge >= 0.3 is 6.18 Å². The van der Waals surface area contributed by atoms with Gasteiger partial charge in [-0.05, 0) is 12.1 Å². The monoisotopic (exact) mass is 216 g/mol. The Hall–Kier alpha value is -1.85. The van der Waals surface area contributed by atoms with Gasteiger partial charge in [0.25, 0.3) is 0 Å². The van der Waals surface area contributed by atoms with Crippen molar-refractivity contribution in [2.24, 2.45) is 5.73 Å². The maximum Gasteiger partial charge on any atom is 0.430 e. The van der Waals surface area contributed by atoms with Crippen LogP contribution in [-0.4, -0.2) is 16.9 Å². The quantitative estimate of drug-likeness (QED) is 0.604. The molecule has 1 aromatic heterocycles. The maximum atomic E-state index is 12.0. The van der Waals surface area contributed by atoms with Gasteiger partial charge in [-0.3, -0.25) is 9.78 Å². The molecule has 0 bridgehead atoms. The number of carbonyl (C=O) groups excluding carboxylic acids is 1. The van der Waals surface area contributed by atoms with Crippen molar-refractivity contribution in [1.29, 1.82) is 0 Å². The summed E-state index contributed by atoms with van der Waals surface area (Å²) in [4.78, 5) is 14.8. The minimum atomic E-state index is -4.69. The second-order valence-electron chi connectivity index (χ2n) is 2.68. The third-order valence-electron chi connectivity index (χ3n) is 1.53. The molecule has 0 aliphatic carbocycles. The molecule has 0 aromatic carbocycles. The lowest BCUT2D eigenvalue weighted by atomic mass is 10.2. The number of carbonyl (C=O) groups is 1. The molecule has 0 atom stereocenters. The van der Waals surface area contributed by atoms with E-state index in [1.165, 1.54) is 18.3 Å². The Morgan fingerprint density at radius 2 is 2.07 bits per heavy atom. The molecule has 0 radical (unpaired) electrons. The van der Waals surface area contributed by atoms with Crippen LogP contribution in [0.25, 0.3) is 0 Å². The Kier molecular flexibility index (Phi) is 3.08. The van der Waals surface area contributed by atoms with Gasteiger partial charge in [-0.1, -0.05) is 6.07 Å². The lowest BCUT2D eigenvalue weighted by molar-refractivity contribution is -0.0927. The molecule has 1 rings (SSSR count). The molecular weight excluding hydrogens is 209 g/mol. The summed E-state index contributed by atoms with van der Waals surface area (Å²) in [6, 6.07) is 4.36. The Morgan fingerprint density at radius 3 is 2.53 bits per heavy atom. The predicted octanol–water partition coefficient (Wildman–Crippen LogP) is 1.67. The van der Waals surface area contributed by atoms with E-state index in [9.17, 15) is 18.0 Å². The van der Waals surface area contributed by atoms with Crippen molar-refractivity contribution in [3.8, 4) is 0 Å².